The fourth-order valence-corrected chi connectivity index (χ4v) is 3.61. The first-order valence-corrected chi connectivity index (χ1v) is 9.96. The summed E-state index contributed by atoms with van der Waals surface area (Å²) in [5, 5.41) is 13.2. The van der Waals surface area contributed by atoms with Gasteiger partial charge in [-0.1, -0.05) is 53.5 Å². The third-order valence-corrected chi connectivity index (χ3v) is 5.13. The molecule has 1 amide bonds. The van der Waals surface area contributed by atoms with Crippen LogP contribution >= 0.6 is 23.2 Å². The van der Waals surface area contributed by atoms with E-state index in [1.54, 1.807) is 18.2 Å². The summed E-state index contributed by atoms with van der Waals surface area (Å²) in [6.07, 6.45) is -0.205. The monoisotopic (exact) mass is 456 g/mol. The van der Waals surface area contributed by atoms with Gasteiger partial charge in [-0.25, -0.2) is 9.37 Å². The summed E-state index contributed by atoms with van der Waals surface area (Å²) in [6, 6.07) is 17.6. The normalized spacial score (nSPS) is 10.8. The average Bonchev–Trinajstić information content (AvgIpc) is 3.14. The smallest absolute Gasteiger partial charge is 0.231 e. The molecule has 0 fully saturated rings. The van der Waals surface area contributed by atoms with Crippen LogP contribution in [-0.4, -0.2) is 16.0 Å². The van der Waals surface area contributed by atoms with Crippen LogP contribution in [0.5, 0.6) is 5.75 Å². The second-order valence-electron chi connectivity index (χ2n) is 6.66. The minimum atomic E-state index is -0.597. The lowest BCUT2D eigenvalue weighted by Gasteiger charge is -2.08. The molecule has 0 saturated carbocycles. The minimum Gasteiger partial charge on any atom is -0.508 e. The van der Waals surface area contributed by atoms with Gasteiger partial charge in [0.05, 0.1) is 16.5 Å². The number of hydrogen-bond donors (Lipinski definition) is 2. The van der Waals surface area contributed by atoms with Gasteiger partial charge in [0.1, 0.15) is 17.3 Å². The zero-order valence-electron chi connectivity index (χ0n) is 15.9. The van der Waals surface area contributed by atoms with Crippen molar-refractivity contribution in [3.05, 3.63) is 88.2 Å². The molecule has 0 bridgehead atoms. The van der Waals surface area contributed by atoms with E-state index in [2.05, 4.69) is 10.3 Å². The Morgan fingerprint density at radius 3 is 2.42 bits per heavy atom. The van der Waals surface area contributed by atoms with E-state index in [0.717, 1.165) is 6.07 Å². The quantitative estimate of drug-likeness (QED) is 0.367. The van der Waals surface area contributed by atoms with E-state index < -0.39 is 11.7 Å². The zero-order valence-corrected chi connectivity index (χ0v) is 17.4. The summed E-state index contributed by atoms with van der Waals surface area (Å²) in [5.41, 5.74) is 1.64. The fraction of sp³-hybridized carbons (Fsp3) is 0.0435. The number of aromatic hydroxyl groups is 1. The number of aromatic nitrogens is 1. The van der Waals surface area contributed by atoms with Gasteiger partial charge in [0.2, 0.25) is 17.7 Å². The summed E-state index contributed by atoms with van der Waals surface area (Å²) in [7, 11) is 0. The van der Waals surface area contributed by atoms with Crippen LogP contribution in [0.1, 0.15) is 5.56 Å². The lowest BCUT2D eigenvalue weighted by Crippen LogP contribution is -2.14. The Morgan fingerprint density at radius 1 is 1.03 bits per heavy atom. The van der Waals surface area contributed by atoms with E-state index in [1.165, 1.54) is 12.1 Å². The maximum absolute atomic E-state index is 13.2. The molecule has 0 radical (unpaired) electrons. The summed E-state index contributed by atoms with van der Waals surface area (Å²) in [6.45, 7) is 0. The first-order chi connectivity index (χ1) is 14.9. The van der Waals surface area contributed by atoms with Crippen molar-refractivity contribution in [2.45, 2.75) is 6.42 Å². The Bertz CT molecular complexity index is 1240. The maximum atomic E-state index is 13.2. The van der Waals surface area contributed by atoms with Gasteiger partial charge >= 0.3 is 0 Å². The van der Waals surface area contributed by atoms with Crippen LogP contribution in [0.3, 0.4) is 0 Å². The standard InChI is InChI=1S/C23H15Cl2FN2O3/c24-16-7-4-8-17(25)20(16)21-23(31-22(28-21)13-5-2-1-3-6-13)27-19(30)11-14-9-10-15(26)12-18(14)29/h1-10,12,29H,11H2,(H,27,30). The number of carbonyl (C=O) groups is 1. The molecule has 0 unspecified atom stereocenters. The molecule has 1 aromatic heterocycles. The summed E-state index contributed by atoms with van der Waals surface area (Å²) >= 11 is 12.7. The molecule has 0 spiro atoms. The van der Waals surface area contributed by atoms with E-state index in [0.29, 0.717) is 21.2 Å². The number of carbonyl (C=O) groups excluding carboxylic acids is 1. The van der Waals surface area contributed by atoms with Crippen molar-refractivity contribution >= 4 is 35.0 Å². The number of halogens is 3. The van der Waals surface area contributed by atoms with E-state index >= 15 is 0 Å². The van der Waals surface area contributed by atoms with Gasteiger partial charge < -0.3 is 9.52 Å². The number of nitrogens with one attached hydrogen (secondary N) is 1. The van der Waals surface area contributed by atoms with Crippen molar-refractivity contribution in [1.29, 1.82) is 0 Å². The van der Waals surface area contributed by atoms with Gasteiger partial charge in [0.25, 0.3) is 0 Å². The SMILES string of the molecule is O=C(Cc1ccc(F)cc1O)Nc1oc(-c2ccccc2)nc1-c1c(Cl)cccc1Cl. The van der Waals surface area contributed by atoms with Crippen LogP contribution in [0.25, 0.3) is 22.7 Å². The third-order valence-electron chi connectivity index (χ3n) is 4.50. The highest BCUT2D eigenvalue weighted by Gasteiger charge is 2.22. The highest BCUT2D eigenvalue weighted by Crippen LogP contribution is 2.40. The predicted molar refractivity (Wildman–Crippen MR) is 118 cm³/mol. The van der Waals surface area contributed by atoms with E-state index in [9.17, 15) is 14.3 Å². The fourth-order valence-electron chi connectivity index (χ4n) is 3.03. The van der Waals surface area contributed by atoms with Crippen LogP contribution in [0, 0.1) is 5.82 Å². The molecule has 5 nitrogen and oxygen atoms in total. The van der Waals surface area contributed by atoms with Gasteiger partial charge in [-0.2, -0.15) is 0 Å². The van der Waals surface area contributed by atoms with Crippen molar-refractivity contribution in [3.8, 4) is 28.5 Å². The molecule has 3 aromatic carbocycles. The van der Waals surface area contributed by atoms with Crippen LogP contribution in [0.2, 0.25) is 10.0 Å². The first kappa shape index (κ1) is 20.9. The van der Waals surface area contributed by atoms with Crippen LogP contribution < -0.4 is 5.32 Å². The number of nitrogens with zero attached hydrogens (tertiary/aromatic N) is 1. The van der Waals surface area contributed by atoms with Crippen molar-refractivity contribution in [2.75, 3.05) is 5.32 Å². The summed E-state index contributed by atoms with van der Waals surface area (Å²) < 4.78 is 19.0. The predicted octanol–water partition coefficient (Wildman–Crippen LogP) is 6.34. The van der Waals surface area contributed by atoms with E-state index in [4.69, 9.17) is 27.6 Å². The van der Waals surface area contributed by atoms with Gasteiger partial charge in [0.15, 0.2) is 0 Å². The number of benzene rings is 3. The zero-order chi connectivity index (χ0) is 22.0. The Hall–Kier alpha value is -3.35. The molecule has 0 saturated heterocycles. The number of amides is 1. The molecule has 8 heteroatoms. The van der Waals surface area contributed by atoms with Crippen LogP contribution in [-0.2, 0) is 11.2 Å². The Morgan fingerprint density at radius 2 is 1.74 bits per heavy atom. The maximum Gasteiger partial charge on any atom is 0.231 e. The van der Waals surface area contributed by atoms with Gasteiger partial charge in [0, 0.05) is 22.8 Å². The molecule has 0 atom stereocenters. The largest absolute Gasteiger partial charge is 0.508 e. The number of anilines is 1. The Labute approximate surface area is 187 Å². The lowest BCUT2D eigenvalue weighted by molar-refractivity contribution is -0.115. The molecular weight excluding hydrogens is 442 g/mol. The first-order valence-electron chi connectivity index (χ1n) is 9.20. The van der Waals surface area contributed by atoms with Gasteiger partial charge in [-0.3, -0.25) is 10.1 Å². The van der Waals surface area contributed by atoms with E-state index in [1.807, 2.05) is 30.3 Å². The Balaban J connectivity index is 1.72. The molecule has 0 aliphatic heterocycles. The molecular formula is C23H15Cl2FN2O3. The molecule has 4 aromatic rings. The Kier molecular flexibility index (Phi) is 5.93. The lowest BCUT2D eigenvalue weighted by atomic mass is 10.1. The number of hydrogen-bond acceptors (Lipinski definition) is 4. The van der Waals surface area contributed by atoms with Crippen molar-refractivity contribution in [2.24, 2.45) is 0 Å². The molecule has 2 N–H and O–H groups in total. The highest BCUT2D eigenvalue weighted by atomic mass is 35.5. The van der Waals surface area contributed by atoms with Gasteiger partial charge in [-0.05, 0) is 30.3 Å². The molecule has 0 aliphatic carbocycles. The minimum absolute atomic E-state index is 0.0560. The molecule has 156 valence electrons. The van der Waals surface area contributed by atoms with E-state index in [-0.39, 0.29) is 35.2 Å². The third kappa shape index (κ3) is 4.55. The summed E-state index contributed by atoms with van der Waals surface area (Å²) in [4.78, 5) is 17.2. The second kappa shape index (κ2) is 8.79. The number of phenols is 1. The summed E-state index contributed by atoms with van der Waals surface area (Å²) in [5.74, 6) is -1.08. The highest BCUT2D eigenvalue weighted by molar-refractivity contribution is 6.39. The molecule has 31 heavy (non-hydrogen) atoms. The van der Waals surface area contributed by atoms with Crippen molar-refractivity contribution in [1.82, 2.24) is 4.98 Å². The average molecular weight is 457 g/mol. The van der Waals surface area contributed by atoms with Crippen molar-refractivity contribution < 1.29 is 18.7 Å². The van der Waals surface area contributed by atoms with Gasteiger partial charge in [-0.15, -0.1) is 0 Å². The van der Waals surface area contributed by atoms with Crippen LogP contribution in [0.4, 0.5) is 10.3 Å². The number of phenolic OH excluding ortho intramolecular Hbond substituents is 1. The molecule has 0 aliphatic rings. The second-order valence-corrected chi connectivity index (χ2v) is 7.47. The molecule has 4 rings (SSSR count). The van der Waals surface area contributed by atoms with Crippen molar-refractivity contribution in [3.63, 3.8) is 0 Å². The number of rotatable bonds is 5. The molecule has 1 heterocycles. The van der Waals surface area contributed by atoms with Crippen LogP contribution in [0.15, 0.2) is 71.1 Å². The topological polar surface area (TPSA) is 75.4 Å². The number of oxazole rings is 1.